The van der Waals surface area contributed by atoms with E-state index < -0.39 is 0 Å². The second-order valence-electron chi connectivity index (χ2n) is 12.7. The molecule has 0 saturated carbocycles. The number of hydrogen-bond donors (Lipinski definition) is 1. The average Bonchev–Trinajstić information content (AvgIpc) is 2.98. The molecule has 0 aliphatic heterocycles. The van der Waals surface area contributed by atoms with E-state index in [2.05, 4.69) is 80.6 Å². The Balaban J connectivity index is 0.000000271. The summed E-state index contributed by atoms with van der Waals surface area (Å²) in [6, 6.07) is 25.0. The molecule has 0 aliphatic carbocycles. The maximum Gasteiger partial charge on any atom is 0.164 e. The van der Waals surface area contributed by atoms with Gasteiger partial charge in [0, 0.05) is 42.4 Å². The first-order chi connectivity index (χ1) is 20.3. The molecule has 0 bridgehead atoms. The van der Waals surface area contributed by atoms with Crippen molar-refractivity contribution in [3.8, 4) is 11.3 Å². The Hall–Kier alpha value is -3.40. The second-order valence-corrected chi connectivity index (χ2v) is 12.7. The van der Waals surface area contributed by atoms with Crippen molar-refractivity contribution in [1.82, 2.24) is 9.97 Å². The van der Waals surface area contributed by atoms with Crippen LogP contribution in [0, 0.1) is 37.7 Å². The first-order valence-corrected chi connectivity index (χ1v) is 15.4. The second kappa shape index (κ2) is 14.1. The summed E-state index contributed by atoms with van der Waals surface area (Å²) in [6.07, 6.45) is 3.89. The van der Waals surface area contributed by atoms with Crippen molar-refractivity contribution in [2.75, 3.05) is 0 Å². The van der Waals surface area contributed by atoms with E-state index in [1.807, 2.05) is 48.5 Å². The minimum absolute atomic E-state index is 0. The number of ketones is 1. The summed E-state index contributed by atoms with van der Waals surface area (Å²) in [7, 11) is 0. The Labute approximate surface area is 276 Å². The summed E-state index contributed by atoms with van der Waals surface area (Å²) in [5, 5.41) is 16.0. The van der Waals surface area contributed by atoms with Crippen molar-refractivity contribution in [1.29, 1.82) is 0 Å². The van der Waals surface area contributed by atoms with Gasteiger partial charge in [0.1, 0.15) is 11.6 Å². The van der Waals surface area contributed by atoms with Crippen molar-refractivity contribution in [3.63, 3.8) is 0 Å². The molecule has 1 heterocycles. The van der Waals surface area contributed by atoms with E-state index in [0.29, 0.717) is 0 Å². The van der Waals surface area contributed by atoms with Crippen LogP contribution in [-0.4, -0.2) is 20.9 Å². The molecule has 0 aliphatic rings. The molecule has 1 radical (unpaired) electrons. The third-order valence-corrected chi connectivity index (χ3v) is 9.06. The number of aromatic nitrogens is 2. The topological polar surface area (TPSA) is 63.1 Å². The van der Waals surface area contributed by atoms with Crippen molar-refractivity contribution in [2.24, 2.45) is 10.8 Å². The number of aliphatic hydroxyl groups is 1. The largest absolute Gasteiger partial charge is 0.512 e. The van der Waals surface area contributed by atoms with E-state index in [4.69, 9.17) is 9.97 Å². The first-order valence-electron chi connectivity index (χ1n) is 15.4. The van der Waals surface area contributed by atoms with Gasteiger partial charge in [-0.15, -0.1) is 34.9 Å². The van der Waals surface area contributed by atoms with Gasteiger partial charge in [-0.2, -0.15) is 0 Å². The standard InChI is InChI=1S/C25H19N2.C14H26O2.Ir/c1-15-10-16(2)12-21(11-15)24-22-9-8-20-13-18-6-4-5-7-19(18)14-23(20)25(22)27-17(3)26-24;1-7-13(4,5)11(15)10-12(16)14(6,8-2)9-3;/h4-11,13-14H,1-3H3;10,16H,7-9H2,1-6H3;/q-1;;/b;12-10-;. The molecule has 5 aromatic rings. The van der Waals surface area contributed by atoms with Crippen LogP contribution >= 0.6 is 0 Å². The average molecular weight is 766 g/mol. The summed E-state index contributed by atoms with van der Waals surface area (Å²) in [6.45, 7) is 18.0. The van der Waals surface area contributed by atoms with Gasteiger partial charge in [0.2, 0.25) is 0 Å². The number of nitrogens with zero attached hydrogens (tertiary/aromatic N) is 2. The first kappa shape index (κ1) is 35.1. The molecule has 4 nitrogen and oxygen atoms in total. The van der Waals surface area contributed by atoms with Gasteiger partial charge < -0.3 is 5.11 Å². The number of aliphatic hydroxyl groups excluding tert-OH is 1. The van der Waals surface area contributed by atoms with Crippen LogP contribution in [0.4, 0.5) is 0 Å². The third kappa shape index (κ3) is 7.45. The van der Waals surface area contributed by atoms with Crippen molar-refractivity contribution in [3.05, 3.63) is 95.5 Å². The van der Waals surface area contributed by atoms with Gasteiger partial charge in [-0.25, -0.2) is 4.98 Å². The Bertz CT molecular complexity index is 1810. The van der Waals surface area contributed by atoms with Crippen LogP contribution in [0.25, 0.3) is 43.7 Å². The van der Waals surface area contributed by atoms with Crippen LogP contribution in [0.1, 0.15) is 77.8 Å². The SMILES string of the molecule is CCC(C)(C)C(=O)/C=C(\O)C(C)(CC)CC.Cc1[c-]c(-c2nc(C)nc3c2ccc2cc4ccccc4cc23)cc(C)c1.[Ir]. The zero-order chi connectivity index (χ0) is 31.5. The van der Waals surface area contributed by atoms with E-state index >= 15 is 0 Å². The van der Waals surface area contributed by atoms with Crippen LogP contribution in [-0.2, 0) is 24.9 Å². The van der Waals surface area contributed by atoms with E-state index in [1.165, 1.54) is 33.2 Å². The molecule has 0 atom stereocenters. The third-order valence-electron chi connectivity index (χ3n) is 9.06. The van der Waals surface area contributed by atoms with Gasteiger partial charge in [-0.1, -0.05) is 91.8 Å². The number of carbonyl (C=O) groups is 1. The predicted molar refractivity (Wildman–Crippen MR) is 182 cm³/mol. The fraction of sp³-hybridized carbons (Fsp3) is 0.359. The minimum atomic E-state index is -0.379. The van der Waals surface area contributed by atoms with Gasteiger partial charge >= 0.3 is 0 Å². The molecule has 1 N–H and O–H groups in total. The van der Waals surface area contributed by atoms with Crippen molar-refractivity contribution >= 4 is 38.2 Å². The molecule has 5 heteroatoms. The molecule has 1 aromatic heterocycles. The summed E-state index contributed by atoms with van der Waals surface area (Å²) >= 11 is 0. The maximum absolute atomic E-state index is 11.9. The Morgan fingerprint density at radius 3 is 2.05 bits per heavy atom. The van der Waals surface area contributed by atoms with Crippen LogP contribution in [0.15, 0.2) is 72.5 Å². The van der Waals surface area contributed by atoms with Crippen molar-refractivity contribution < 1.29 is 30.0 Å². The van der Waals surface area contributed by atoms with E-state index in [1.54, 1.807) is 0 Å². The molecule has 4 aromatic carbocycles. The molecular weight excluding hydrogens is 721 g/mol. The van der Waals surface area contributed by atoms with Gasteiger partial charge in [0.05, 0.1) is 5.52 Å². The van der Waals surface area contributed by atoms with Crippen LogP contribution in [0.2, 0.25) is 0 Å². The molecule has 0 unspecified atom stereocenters. The van der Waals surface area contributed by atoms with Crippen LogP contribution in [0.3, 0.4) is 0 Å². The molecule has 0 saturated heterocycles. The van der Waals surface area contributed by atoms with Gasteiger partial charge in [0.25, 0.3) is 0 Å². The fourth-order valence-corrected chi connectivity index (χ4v) is 5.23. The Morgan fingerprint density at radius 2 is 1.45 bits per heavy atom. The molecule has 0 fully saturated rings. The monoisotopic (exact) mass is 766 g/mol. The maximum atomic E-state index is 11.9. The zero-order valence-electron chi connectivity index (χ0n) is 27.6. The van der Waals surface area contributed by atoms with Gasteiger partial charge in [-0.3, -0.25) is 9.78 Å². The summed E-state index contributed by atoms with van der Waals surface area (Å²) in [5.41, 5.74) is 4.70. The minimum Gasteiger partial charge on any atom is -0.512 e. The number of aryl methyl sites for hydroxylation is 3. The number of fused-ring (bicyclic) bond motifs is 4. The quantitative estimate of drug-likeness (QED) is 0.0589. The number of rotatable bonds is 7. The molecular formula is C39H45IrN2O2-. The summed E-state index contributed by atoms with van der Waals surface area (Å²) in [5.74, 6) is 1.02. The summed E-state index contributed by atoms with van der Waals surface area (Å²) in [4.78, 5) is 21.5. The molecule has 5 rings (SSSR count). The zero-order valence-corrected chi connectivity index (χ0v) is 30.0. The van der Waals surface area contributed by atoms with E-state index in [9.17, 15) is 9.90 Å². The Morgan fingerprint density at radius 1 is 0.818 bits per heavy atom. The number of benzene rings is 4. The molecule has 44 heavy (non-hydrogen) atoms. The Kier molecular flexibility index (Phi) is 11.3. The smallest absolute Gasteiger partial charge is 0.164 e. The van der Waals surface area contributed by atoms with Gasteiger partial charge in [0.15, 0.2) is 5.78 Å². The van der Waals surface area contributed by atoms with E-state index in [0.717, 1.165) is 52.8 Å². The number of carbonyl (C=O) groups excluding carboxylic acids is 1. The van der Waals surface area contributed by atoms with Crippen LogP contribution < -0.4 is 0 Å². The molecule has 233 valence electrons. The fourth-order valence-electron chi connectivity index (χ4n) is 5.23. The normalized spacial score (nSPS) is 12.2. The molecule has 0 spiro atoms. The number of hydrogen-bond acceptors (Lipinski definition) is 4. The van der Waals surface area contributed by atoms with Crippen molar-refractivity contribution in [2.45, 2.75) is 81.6 Å². The number of allylic oxidation sites excluding steroid dienone is 2. The van der Waals surface area contributed by atoms with Crippen LogP contribution in [0.5, 0.6) is 0 Å². The van der Waals surface area contributed by atoms with Gasteiger partial charge in [-0.05, 0) is 65.6 Å². The summed E-state index contributed by atoms with van der Waals surface area (Å²) < 4.78 is 0. The molecule has 0 amide bonds. The predicted octanol–water partition coefficient (Wildman–Crippen LogP) is 10.6. The van der Waals surface area contributed by atoms with E-state index in [-0.39, 0.29) is 42.5 Å².